The largest absolute Gasteiger partial charge is 0.480 e. The lowest BCUT2D eigenvalue weighted by molar-refractivity contribution is -0.139. The molecule has 1 amide bonds. The van der Waals surface area contributed by atoms with Crippen molar-refractivity contribution in [3.63, 3.8) is 0 Å². The molecule has 0 aliphatic heterocycles. The Bertz CT molecular complexity index is 751. The Hall–Kier alpha value is -3.14. The van der Waals surface area contributed by atoms with Gasteiger partial charge < -0.3 is 16.2 Å². The first-order valence-corrected chi connectivity index (χ1v) is 6.08. The number of nitriles is 1. The standard InChI is InChI=1S/C14H12N4O3/c15-7-8-2-1-3-10-9(8)4-5-17-13(10)18-11(14(20)21)6-12(16)19/h1-5,11H,6H2,(H2,16,19)(H,17,18)(H,20,21). The second kappa shape index (κ2) is 5.88. The van der Waals surface area contributed by atoms with Gasteiger partial charge in [0.05, 0.1) is 18.1 Å². The lowest BCUT2D eigenvalue weighted by atomic mass is 10.1. The molecule has 1 unspecified atom stereocenters. The van der Waals surface area contributed by atoms with Gasteiger partial charge in [-0.25, -0.2) is 9.78 Å². The van der Waals surface area contributed by atoms with Gasteiger partial charge in [0.25, 0.3) is 0 Å². The monoisotopic (exact) mass is 284 g/mol. The molecule has 0 bridgehead atoms. The summed E-state index contributed by atoms with van der Waals surface area (Å²) in [5.41, 5.74) is 5.50. The average molecular weight is 284 g/mol. The maximum Gasteiger partial charge on any atom is 0.326 e. The number of primary amides is 1. The fourth-order valence-corrected chi connectivity index (χ4v) is 1.99. The zero-order valence-corrected chi connectivity index (χ0v) is 10.9. The van der Waals surface area contributed by atoms with Crippen molar-refractivity contribution in [1.82, 2.24) is 4.98 Å². The minimum atomic E-state index is -1.20. The van der Waals surface area contributed by atoms with Gasteiger partial charge in [0, 0.05) is 17.0 Å². The highest BCUT2D eigenvalue weighted by Crippen LogP contribution is 2.24. The van der Waals surface area contributed by atoms with Gasteiger partial charge in [0.15, 0.2) is 0 Å². The molecule has 21 heavy (non-hydrogen) atoms. The molecule has 0 aliphatic carbocycles. The van der Waals surface area contributed by atoms with Gasteiger partial charge in [0.1, 0.15) is 11.9 Å². The fraction of sp³-hybridized carbons (Fsp3) is 0.143. The highest BCUT2D eigenvalue weighted by Gasteiger charge is 2.21. The zero-order chi connectivity index (χ0) is 15.4. The van der Waals surface area contributed by atoms with Gasteiger partial charge in [0.2, 0.25) is 5.91 Å². The molecule has 4 N–H and O–H groups in total. The van der Waals surface area contributed by atoms with Crippen LogP contribution in [0.25, 0.3) is 10.8 Å². The van der Waals surface area contributed by atoms with Crippen LogP contribution in [0.5, 0.6) is 0 Å². The summed E-state index contributed by atoms with van der Waals surface area (Å²) in [6, 6.07) is 7.61. The number of fused-ring (bicyclic) bond motifs is 1. The molecular formula is C14H12N4O3. The highest BCUT2D eigenvalue weighted by molar-refractivity contribution is 5.97. The normalized spacial score (nSPS) is 11.6. The number of carbonyl (C=O) groups excluding carboxylic acids is 1. The van der Waals surface area contributed by atoms with Crippen LogP contribution in [0, 0.1) is 11.3 Å². The predicted molar refractivity (Wildman–Crippen MR) is 75.3 cm³/mol. The molecule has 7 heteroatoms. The van der Waals surface area contributed by atoms with E-state index in [-0.39, 0.29) is 6.42 Å². The molecule has 0 saturated carbocycles. The highest BCUT2D eigenvalue weighted by atomic mass is 16.4. The van der Waals surface area contributed by atoms with E-state index in [4.69, 9.17) is 16.1 Å². The summed E-state index contributed by atoms with van der Waals surface area (Å²) in [4.78, 5) is 26.1. The summed E-state index contributed by atoms with van der Waals surface area (Å²) in [5, 5.41) is 22.1. The number of aliphatic carboxylic acids is 1. The maximum atomic E-state index is 11.1. The summed E-state index contributed by atoms with van der Waals surface area (Å²) in [6.07, 6.45) is 1.11. The van der Waals surface area contributed by atoms with Gasteiger partial charge in [-0.3, -0.25) is 4.79 Å². The number of carboxylic acids is 1. The Morgan fingerprint density at radius 1 is 1.38 bits per heavy atom. The molecule has 2 aromatic rings. The summed E-state index contributed by atoms with van der Waals surface area (Å²) >= 11 is 0. The third kappa shape index (κ3) is 3.06. The Balaban J connectivity index is 2.45. The smallest absolute Gasteiger partial charge is 0.326 e. The third-order valence-corrected chi connectivity index (χ3v) is 2.94. The van der Waals surface area contributed by atoms with Crippen LogP contribution in [-0.4, -0.2) is 28.0 Å². The Morgan fingerprint density at radius 2 is 2.14 bits per heavy atom. The number of hydrogen-bond donors (Lipinski definition) is 3. The SMILES string of the molecule is N#Cc1cccc2c(NC(CC(N)=O)C(=O)O)nccc12. The summed E-state index contributed by atoms with van der Waals surface area (Å²) < 4.78 is 0. The van der Waals surface area contributed by atoms with Crippen LogP contribution in [0.4, 0.5) is 5.82 Å². The van der Waals surface area contributed by atoms with E-state index in [1.807, 2.05) is 0 Å². The van der Waals surface area contributed by atoms with Crippen molar-refractivity contribution >= 4 is 28.5 Å². The van der Waals surface area contributed by atoms with E-state index in [0.717, 1.165) is 0 Å². The first kappa shape index (κ1) is 14.3. The predicted octanol–water partition coefficient (Wildman–Crippen LogP) is 0.847. The van der Waals surface area contributed by atoms with Crippen LogP contribution in [0.2, 0.25) is 0 Å². The lowest BCUT2D eigenvalue weighted by Crippen LogP contribution is -2.34. The van der Waals surface area contributed by atoms with Gasteiger partial charge in [-0.05, 0) is 12.1 Å². The second-order valence-electron chi connectivity index (χ2n) is 4.38. The third-order valence-electron chi connectivity index (χ3n) is 2.94. The topological polar surface area (TPSA) is 129 Å². The number of nitrogens with zero attached hydrogens (tertiary/aromatic N) is 2. The number of pyridine rings is 1. The van der Waals surface area contributed by atoms with Crippen molar-refractivity contribution in [1.29, 1.82) is 5.26 Å². The maximum absolute atomic E-state index is 11.1. The van der Waals surface area contributed by atoms with Crippen molar-refractivity contribution in [2.24, 2.45) is 5.73 Å². The van der Waals surface area contributed by atoms with Crippen LogP contribution in [-0.2, 0) is 9.59 Å². The molecule has 1 heterocycles. The molecule has 0 spiro atoms. The van der Waals surface area contributed by atoms with Gasteiger partial charge in [-0.2, -0.15) is 5.26 Å². The molecule has 0 fully saturated rings. The Morgan fingerprint density at radius 3 is 2.76 bits per heavy atom. The number of nitrogens with one attached hydrogen (secondary N) is 1. The summed E-state index contributed by atoms with van der Waals surface area (Å²) in [7, 11) is 0. The molecule has 0 saturated heterocycles. The quantitative estimate of drug-likeness (QED) is 0.746. The van der Waals surface area contributed by atoms with Crippen LogP contribution in [0.15, 0.2) is 30.5 Å². The number of anilines is 1. The first-order valence-electron chi connectivity index (χ1n) is 6.08. The number of carbonyl (C=O) groups is 2. The van der Waals surface area contributed by atoms with E-state index in [1.54, 1.807) is 24.3 Å². The number of carboxylic acid groups (broad SMARTS) is 1. The summed E-state index contributed by atoms with van der Waals surface area (Å²) in [5.74, 6) is -1.64. The average Bonchev–Trinajstić information content (AvgIpc) is 2.45. The van der Waals surface area contributed by atoms with E-state index in [1.165, 1.54) is 6.20 Å². The molecule has 106 valence electrons. The van der Waals surface area contributed by atoms with Crippen molar-refractivity contribution in [2.45, 2.75) is 12.5 Å². The number of aromatic nitrogens is 1. The number of benzene rings is 1. The number of nitrogens with two attached hydrogens (primary N) is 1. The second-order valence-corrected chi connectivity index (χ2v) is 4.38. The van der Waals surface area contributed by atoms with Crippen molar-refractivity contribution in [2.75, 3.05) is 5.32 Å². The van der Waals surface area contributed by atoms with E-state index in [9.17, 15) is 9.59 Å². The molecule has 0 aliphatic rings. The minimum absolute atomic E-state index is 0.290. The fourth-order valence-electron chi connectivity index (χ4n) is 1.99. The first-order chi connectivity index (χ1) is 10.0. The Kier molecular flexibility index (Phi) is 4.00. The van der Waals surface area contributed by atoms with Crippen molar-refractivity contribution in [3.8, 4) is 6.07 Å². The van der Waals surface area contributed by atoms with E-state index in [2.05, 4.69) is 16.4 Å². The van der Waals surface area contributed by atoms with Gasteiger partial charge in [-0.15, -0.1) is 0 Å². The summed E-state index contributed by atoms with van der Waals surface area (Å²) in [6.45, 7) is 0. The van der Waals surface area contributed by atoms with E-state index >= 15 is 0 Å². The number of amides is 1. The lowest BCUT2D eigenvalue weighted by Gasteiger charge is -2.15. The molecule has 1 atom stereocenters. The molecule has 0 radical (unpaired) electrons. The van der Waals surface area contributed by atoms with E-state index < -0.39 is 17.9 Å². The van der Waals surface area contributed by atoms with Crippen LogP contribution < -0.4 is 11.1 Å². The van der Waals surface area contributed by atoms with E-state index in [0.29, 0.717) is 22.2 Å². The van der Waals surface area contributed by atoms with Crippen LogP contribution >= 0.6 is 0 Å². The van der Waals surface area contributed by atoms with Crippen LogP contribution in [0.1, 0.15) is 12.0 Å². The zero-order valence-electron chi connectivity index (χ0n) is 10.9. The molecule has 7 nitrogen and oxygen atoms in total. The number of rotatable bonds is 5. The molecular weight excluding hydrogens is 272 g/mol. The number of hydrogen-bond acceptors (Lipinski definition) is 5. The molecule has 2 rings (SSSR count). The van der Waals surface area contributed by atoms with Crippen LogP contribution in [0.3, 0.4) is 0 Å². The molecule has 1 aromatic carbocycles. The van der Waals surface area contributed by atoms with Gasteiger partial charge >= 0.3 is 5.97 Å². The molecule has 1 aromatic heterocycles. The van der Waals surface area contributed by atoms with Crippen molar-refractivity contribution < 1.29 is 14.7 Å². The Labute approximate surface area is 120 Å². The van der Waals surface area contributed by atoms with Gasteiger partial charge in [-0.1, -0.05) is 12.1 Å². The minimum Gasteiger partial charge on any atom is -0.480 e. The van der Waals surface area contributed by atoms with Crippen molar-refractivity contribution in [3.05, 3.63) is 36.0 Å².